The molecule has 0 spiro atoms. The quantitative estimate of drug-likeness (QED) is 0.187. The normalized spacial score (nSPS) is 18.8. The van der Waals surface area contributed by atoms with Gasteiger partial charge in [0.05, 0.1) is 0 Å². The second kappa shape index (κ2) is 12.9. The monoisotopic (exact) mass is 644 g/mol. The van der Waals surface area contributed by atoms with Gasteiger partial charge in [0, 0.05) is 22.3 Å². The van der Waals surface area contributed by atoms with Gasteiger partial charge in [-0.05, 0) is 97.2 Å². The molecule has 46 heavy (non-hydrogen) atoms. The maximum atomic E-state index is 13.7. The second-order valence-electron chi connectivity index (χ2n) is 11.2. The zero-order valence-corrected chi connectivity index (χ0v) is 27.9. The molecule has 0 unspecified atom stereocenters. The van der Waals surface area contributed by atoms with Gasteiger partial charge in [-0.25, -0.2) is 0 Å². The first-order valence-corrected chi connectivity index (χ1v) is 15.4. The third-order valence-electron chi connectivity index (χ3n) is 9.08. The summed E-state index contributed by atoms with van der Waals surface area (Å²) < 4.78 is 82.0. The number of benzene rings is 4. The average Bonchev–Trinajstić information content (AvgIpc) is 3.44. The molecule has 0 bridgehead atoms. The van der Waals surface area contributed by atoms with E-state index in [0.29, 0.717) is 33.4 Å². The lowest BCUT2D eigenvalue weighted by atomic mass is 9.85. The fraction of sp³-hybridized carbons (Fsp3) is 0.368. The van der Waals surface area contributed by atoms with E-state index in [2.05, 4.69) is 0 Å². The largest absolute Gasteiger partial charge is 0.425 e. The summed E-state index contributed by atoms with van der Waals surface area (Å²) in [6.45, 7) is 18.6. The van der Waals surface area contributed by atoms with Crippen molar-refractivity contribution in [1.29, 1.82) is 0 Å². The number of hydrogen-bond acceptors (Lipinski definition) is 2. The summed E-state index contributed by atoms with van der Waals surface area (Å²) in [5.74, 6) is 0. The number of rotatable bonds is 0. The number of fused-ring (bicyclic) bond motifs is 6. The summed E-state index contributed by atoms with van der Waals surface area (Å²) in [5.41, 5.74) is 0.201. The van der Waals surface area contributed by atoms with Crippen molar-refractivity contribution >= 4 is 0 Å². The zero-order valence-electron chi connectivity index (χ0n) is 27.9. The molecule has 0 radical (unpaired) electrons. The average molecular weight is 645 g/mol. The molecule has 0 heterocycles. The molecule has 4 aromatic carbocycles. The molecule has 4 aromatic rings. The summed E-state index contributed by atoms with van der Waals surface area (Å²) in [6, 6.07) is 15.9. The smallest absolute Gasteiger partial charge is 0.372 e. The highest BCUT2D eigenvalue weighted by molar-refractivity contribution is 5.84. The molecule has 0 fully saturated rings. The third kappa shape index (κ3) is 5.33. The van der Waals surface area contributed by atoms with Crippen molar-refractivity contribution in [3.63, 3.8) is 0 Å². The molecule has 2 aliphatic carbocycles. The Hall–Kier alpha value is -3.62. The topological polar surface area (TPSA) is 40.5 Å². The van der Waals surface area contributed by atoms with Gasteiger partial charge in [-0.1, -0.05) is 88.4 Å². The Balaban J connectivity index is 0.000000226. The van der Waals surface area contributed by atoms with Crippen LogP contribution in [-0.4, -0.2) is 22.6 Å². The van der Waals surface area contributed by atoms with Crippen molar-refractivity contribution < 1.29 is 36.6 Å². The van der Waals surface area contributed by atoms with Crippen molar-refractivity contribution in [2.45, 2.75) is 92.8 Å². The van der Waals surface area contributed by atoms with Crippen LogP contribution in [0.1, 0.15) is 83.3 Å². The van der Waals surface area contributed by atoms with Gasteiger partial charge in [0.15, 0.2) is 0 Å². The van der Waals surface area contributed by atoms with Crippen LogP contribution in [0.25, 0.3) is 22.3 Å². The lowest BCUT2D eigenvalue weighted by molar-refractivity contribution is -0.247. The first kappa shape index (κ1) is 36.8. The maximum Gasteiger partial charge on any atom is 0.425 e. The lowest BCUT2D eigenvalue weighted by Crippen LogP contribution is -2.42. The van der Waals surface area contributed by atoms with Crippen LogP contribution < -0.4 is 0 Å². The molecule has 2 aliphatic rings. The summed E-state index contributed by atoms with van der Waals surface area (Å²) >= 11 is 0. The molecule has 6 rings (SSSR count). The van der Waals surface area contributed by atoms with E-state index in [9.17, 15) is 36.6 Å². The highest BCUT2D eigenvalue weighted by Gasteiger charge is 2.62. The summed E-state index contributed by atoms with van der Waals surface area (Å²) in [6.07, 6.45) is -9.53. The molecule has 2 nitrogen and oxygen atoms in total. The zero-order chi connectivity index (χ0) is 35.2. The fourth-order valence-corrected chi connectivity index (χ4v) is 6.45. The summed E-state index contributed by atoms with van der Waals surface area (Å²) in [5, 5.41) is 21.2. The first-order chi connectivity index (χ1) is 21.4. The van der Waals surface area contributed by atoms with Crippen molar-refractivity contribution in [1.82, 2.24) is 0 Å². The van der Waals surface area contributed by atoms with Gasteiger partial charge in [0.1, 0.15) is 0 Å². The molecule has 0 saturated heterocycles. The number of aryl methyl sites for hydroxylation is 2. The molecule has 248 valence electrons. The number of alkyl halides is 6. The Morgan fingerprint density at radius 1 is 0.457 bits per heavy atom. The molecule has 0 saturated carbocycles. The van der Waals surface area contributed by atoms with E-state index >= 15 is 0 Å². The molecular formula is C38H42F6O2. The number of halogens is 6. The number of hydrogen-bond donors (Lipinski definition) is 2. The van der Waals surface area contributed by atoms with Gasteiger partial charge in [0.2, 0.25) is 11.2 Å². The van der Waals surface area contributed by atoms with Gasteiger partial charge in [-0.2, -0.15) is 26.3 Å². The molecule has 8 heteroatoms. The van der Waals surface area contributed by atoms with Gasteiger partial charge in [-0.15, -0.1) is 0 Å². The Kier molecular flexibility index (Phi) is 10.3. The van der Waals surface area contributed by atoms with Crippen LogP contribution in [0.4, 0.5) is 26.3 Å². The van der Waals surface area contributed by atoms with E-state index in [0.717, 1.165) is 22.3 Å². The van der Waals surface area contributed by atoms with E-state index in [-0.39, 0.29) is 22.3 Å². The second-order valence-corrected chi connectivity index (χ2v) is 11.2. The Morgan fingerprint density at radius 3 is 1.02 bits per heavy atom. The maximum absolute atomic E-state index is 13.7. The van der Waals surface area contributed by atoms with Crippen LogP contribution >= 0.6 is 0 Å². The van der Waals surface area contributed by atoms with E-state index in [1.165, 1.54) is 24.3 Å². The van der Waals surface area contributed by atoms with Crippen LogP contribution in [0, 0.1) is 41.5 Å². The Labute approximate surface area is 267 Å². The standard InChI is InChI=1S/2C17H15F3O.2C2H6/c2*1-9-8-13-12-6-4-5-7-14(12)16(21,17(18,19)20)15(13)11(3)10(9)2;2*1-2/h2*4-8,21H,1-3H3;2*1-2H3/t2*16-;;/m10../s1. The first-order valence-electron chi connectivity index (χ1n) is 15.4. The fourth-order valence-electron chi connectivity index (χ4n) is 6.45. The highest BCUT2D eigenvalue weighted by atomic mass is 19.4. The minimum Gasteiger partial charge on any atom is -0.372 e. The summed E-state index contributed by atoms with van der Waals surface area (Å²) in [7, 11) is 0. The molecule has 2 atom stereocenters. The van der Waals surface area contributed by atoms with Crippen molar-refractivity contribution in [2.24, 2.45) is 0 Å². The lowest BCUT2D eigenvalue weighted by Gasteiger charge is -2.30. The van der Waals surface area contributed by atoms with Crippen molar-refractivity contribution in [2.75, 3.05) is 0 Å². The van der Waals surface area contributed by atoms with E-state index in [1.807, 2.05) is 41.5 Å². The van der Waals surface area contributed by atoms with Crippen LogP contribution in [0.15, 0.2) is 60.7 Å². The molecule has 0 aromatic heterocycles. The third-order valence-corrected chi connectivity index (χ3v) is 9.08. The number of aliphatic hydroxyl groups is 2. The van der Waals surface area contributed by atoms with Gasteiger partial charge >= 0.3 is 12.4 Å². The molecule has 2 N–H and O–H groups in total. The Morgan fingerprint density at radius 2 is 0.739 bits per heavy atom. The SMILES string of the molecule is CC.CC.Cc1cc2c(c(C)c1C)[C@@](O)(C(F)(F)F)c1ccccc1-2.Cc1cc2c(c(C)c1C)[C@](O)(C(F)(F)F)c1ccccc1-2. The predicted molar refractivity (Wildman–Crippen MR) is 173 cm³/mol. The molecule has 0 amide bonds. The minimum atomic E-state index is -4.76. The van der Waals surface area contributed by atoms with Gasteiger partial charge < -0.3 is 10.2 Å². The van der Waals surface area contributed by atoms with Gasteiger partial charge in [-0.3, -0.25) is 0 Å². The van der Waals surface area contributed by atoms with E-state index < -0.39 is 23.6 Å². The van der Waals surface area contributed by atoms with Crippen LogP contribution in [-0.2, 0) is 11.2 Å². The van der Waals surface area contributed by atoms with E-state index in [1.54, 1.807) is 64.1 Å². The molecular weight excluding hydrogens is 602 g/mol. The van der Waals surface area contributed by atoms with Crippen LogP contribution in [0.3, 0.4) is 0 Å². The minimum absolute atomic E-state index is 0.0284. The predicted octanol–water partition coefficient (Wildman–Crippen LogP) is 10.8. The van der Waals surface area contributed by atoms with Gasteiger partial charge in [0.25, 0.3) is 0 Å². The van der Waals surface area contributed by atoms with E-state index in [4.69, 9.17) is 0 Å². The summed E-state index contributed by atoms with van der Waals surface area (Å²) in [4.78, 5) is 0. The highest BCUT2D eigenvalue weighted by Crippen LogP contribution is 2.58. The van der Waals surface area contributed by atoms with Crippen molar-refractivity contribution in [3.8, 4) is 22.3 Å². The Bertz CT molecular complexity index is 1620. The van der Waals surface area contributed by atoms with Crippen LogP contribution in [0.2, 0.25) is 0 Å². The van der Waals surface area contributed by atoms with Crippen LogP contribution in [0.5, 0.6) is 0 Å². The molecule has 0 aliphatic heterocycles. The van der Waals surface area contributed by atoms with Crippen molar-refractivity contribution in [3.05, 3.63) is 116 Å².